The molecule has 3 aromatic rings. The van der Waals surface area contributed by atoms with Gasteiger partial charge in [0.05, 0.1) is 0 Å². The van der Waals surface area contributed by atoms with Crippen molar-refractivity contribution in [1.29, 1.82) is 0 Å². The fourth-order valence-electron chi connectivity index (χ4n) is 3.52. The standard InChI is InChI=1S/C26H25ClF2N2O3/c1-14-10-17(8-9-21(14)27)15(2)30-20-7-5-6-18(11-20)19-12-22(28)24(23(29)13-19)25(32)31(4)16(3)26(33)34/h5-13,15-16,30H,1-4H3,(H,33,34). The maximum Gasteiger partial charge on any atom is 0.326 e. The maximum absolute atomic E-state index is 14.8. The number of carbonyl (C=O) groups is 2. The van der Waals surface area contributed by atoms with E-state index >= 15 is 0 Å². The molecular formula is C26H25ClF2N2O3. The van der Waals surface area contributed by atoms with E-state index in [1.165, 1.54) is 14.0 Å². The first kappa shape index (κ1) is 25.2. The van der Waals surface area contributed by atoms with Crippen molar-refractivity contribution in [2.45, 2.75) is 32.9 Å². The second-order valence-corrected chi connectivity index (χ2v) is 8.61. The number of hydrogen-bond donors (Lipinski definition) is 2. The topological polar surface area (TPSA) is 69.6 Å². The smallest absolute Gasteiger partial charge is 0.326 e. The number of likely N-dealkylation sites (N-methyl/N-ethyl adjacent to an activating group) is 1. The lowest BCUT2D eigenvalue weighted by atomic mass is 10.0. The van der Waals surface area contributed by atoms with Gasteiger partial charge in [-0.15, -0.1) is 0 Å². The van der Waals surface area contributed by atoms with Gasteiger partial charge in [0.15, 0.2) is 0 Å². The molecule has 0 aromatic heterocycles. The first-order valence-electron chi connectivity index (χ1n) is 10.6. The van der Waals surface area contributed by atoms with Crippen molar-refractivity contribution in [2.24, 2.45) is 0 Å². The van der Waals surface area contributed by atoms with Gasteiger partial charge in [0.1, 0.15) is 23.2 Å². The molecule has 5 nitrogen and oxygen atoms in total. The number of hydrogen-bond acceptors (Lipinski definition) is 3. The van der Waals surface area contributed by atoms with Crippen molar-refractivity contribution >= 4 is 29.2 Å². The number of nitrogens with one attached hydrogen (secondary N) is 1. The summed E-state index contributed by atoms with van der Waals surface area (Å²) in [7, 11) is 1.19. The first-order chi connectivity index (χ1) is 16.0. The van der Waals surface area contributed by atoms with Crippen LogP contribution in [0, 0.1) is 18.6 Å². The van der Waals surface area contributed by atoms with Crippen molar-refractivity contribution < 1.29 is 23.5 Å². The molecule has 0 aliphatic rings. The van der Waals surface area contributed by atoms with E-state index in [0.717, 1.165) is 33.8 Å². The van der Waals surface area contributed by atoms with Crippen LogP contribution in [0.5, 0.6) is 0 Å². The van der Waals surface area contributed by atoms with E-state index in [1.807, 2.05) is 38.1 Å². The van der Waals surface area contributed by atoms with E-state index in [4.69, 9.17) is 16.7 Å². The summed E-state index contributed by atoms with van der Waals surface area (Å²) in [6, 6.07) is 13.7. The average molecular weight is 487 g/mol. The van der Waals surface area contributed by atoms with Gasteiger partial charge in [0.25, 0.3) is 5.91 Å². The van der Waals surface area contributed by atoms with Gasteiger partial charge < -0.3 is 15.3 Å². The number of aryl methyl sites for hydroxylation is 1. The molecule has 0 heterocycles. The Hall–Kier alpha value is -3.45. The Labute approximate surface area is 202 Å². The monoisotopic (exact) mass is 486 g/mol. The molecule has 3 rings (SSSR count). The zero-order chi connectivity index (χ0) is 25.2. The molecule has 8 heteroatoms. The first-order valence-corrected chi connectivity index (χ1v) is 11.0. The van der Waals surface area contributed by atoms with Gasteiger partial charge in [0.2, 0.25) is 0 Å². The highest BCUT2D eigenvalue weighted by Crippen LogP contribution is 2.29. The Bertz CT molecular complexity index is 1230. The number of anilines is 1. The van der Waals surface area contributed by atoms with Gasteiger partial charge in [-0.1, -0.05) is 35.9 Å². The number of aliphatic carboxylic acids is 1. The van der Waals surface area contributed by atoms with E-state index in [-0.39, 0.29) is 11.6 Å². The molecule has 3 aromatic carbocycles. The second kappa shape index (κ2) is 10.2. The number of carboxylic acid groups (broad SMARTS) is 1. The molecule has 34 heavy (non-hydrogen) atoms. The average Bonchev–Trinajstić information content (AvgIpc) is 2.79. The Morgan fingerprint density at radius 3 is 2.24 bits per heavy atom. The zero-order valence-electron chi connectivity index (χ0n) is 19.2. The van der Waals surface area contributed by atoms with E-state index in [0.29, 0.717) is 10.6 Å². The number of rotatable bonds is 7. The minimum atomic E-state index is -1.28. The number of carbonyl (C=O) groups excluding carboxylic acids is 1. The summed E-state index contributed by atoms with van der Waals surface area (Å²) in [5, 5.41) is 13.1. The molecule has 178 valence electrons. The third-order valence-electron chi connectivity index (χ3n) is 5.78. The van der Waals surface area contributed by atoms with Gasteiger partial charge >= 0.3 is 5.97 Å². The molecular weight excluding hydrogens is 462 g/mol. The molecule has 2 unspecified atom stereocenters. The predicted octanol–water partition coefficient (Wildman–Crippen LogP) is 6.31. The van der Waals surface area contributed by atoms with Crippen molar-refractivity contribution in [3.05, 3.63) is 87.9 Å². The summed E-state index contributed by atoms with van der Waals surface area (Å²) in [5.41, 5.74) is 2.75. The fraction of sp³-hybridized carbons (Fsp3) is 0.231. The Balaban J connectivity index is 1.87. The van der Waals surface area contributed by atoms with Crippen LogP contribution in [-0.4, -0.2) is 35.0 Å². The van der Waals surface area contributed by atoms with E-state index in [9.17, 15) is 18.4 Å². The molecule has 0 radical (unpaired) electrons. The van der Waals surface area contributed by atoms with Gasteiger partial charge in [-0.3, -0.25) is 4.79 Å². The number of carboxylic acids is 1. The number of benzene rings is 3. The van der Waals surface area contributed by atoms with Crippen molar-refractivity contribution in [2.75, 3.05) is 12.4 Å². The number of nitrogens with zero attached hydrogens (tertiary/aromatic N) is 1. The van der Waals surface area contributed by atoms with Gasteiger partial charge in [0, 0.05) is 23.8 Å². The van der Waals surface area contributed by atoms with Crippen LogP contribution < -0.4 is 5.32 Å². The highest BCUT2D eigenvalue weighted by atomic mass is 35.5. The SMILES string of the molecule is Cc1cc(C(C)Nc2cccc(-c3cc(F)c(C(=O)N(C)C(C)C(=O)O)c(F)c3)c2)ccc1Cl. The molecule has 2 atom stereocenters. The second-order valence-electron chi connectivity index (χ2n) is 8.20. The van der Waals surface area contributed by atoms with Crippen molar-refractivity contribution in [3.63, 3.8) is 0 Å². The van der Waals surface area contributed by atoms with Crippen LogP contribution in [0.15, 0.2) is 54.6 Å². The van der Waals surface area contributed by atoms with Crippen LogP contribution in [0.2, 0.25) is 5.02 Å². The van der Waals surface area contributed by atoms with E-state index < -0.39 is 35.1 Å². The van der Waals surface area contributed by atoms with Crippen LogP contribution in [0.25, 0.3) is 11.1 Å². The summed E-state index contributed by atoms with van der Waals surface area (Å²) in [5.74, 6) is -4.44. The van der Waals surface area contributed by atoms with Crippen LogP contribution in [0.3, 0.4) is 0 Å². The molecule has 0 bridgehead atoms. The summed E-state index contributed by atoms with van der Waals surface area (Å²) in [6.07, 6.45) is 0. The van der Waals surface area contributed by atoms with Gasteiger partial charge in [-0.2, -0.15) is 0 Å². The minimum Gasteiger partial charge on any atom is -0.480 e. The fourth-order valence-corrected chi connectivity index (χ4v) is 3.64. The lowest BCUT2D eigenvalue weighted by Gasteiger charge is -2.22. The third-order valence-corrected chi connectivity index (χ3v) is 6.20. The normalized spacial score (nSPS) is 12.7. The molecule has 1 amide bonds. The predicted molar refractivity (Wildman–Crippen MR) is 129 cm³/mol. The molecule has 2 N–H and O–H groups in total. The van der Waals surface area contributed by atoms with Crippen molar-refractivity contribution in [3.8, 4) is 11.1 Å². The summed E-state index contributed by atoms with van der Waals surface area (Å²) in [4.78, 5) is 24.4. The molecule has 0 fully saturated rings. The van der Waals surface area contributed by atoms with Crippen LogP contribution >= 0.6 is 11.6 Å². The molecule has 0 saturated carbocycles. The summed E-state index contributed by atoms with van der Waals surface area (Å²) < 4.78 is 29.6. The molecule has 0 aliphatic heterocycles. The van der Waals surface area contributed by atoms with Crippen LogP contribution in [0.4, 0.5) is 14.5 Å². The molecule has 0 spiro atoms. The lowest BCUT2D eigenvalue weighted by Crippen LogP contribution is -2.41. The highest BCUT2D eigenvalue weighted by molar-refractivity contribution is 6.31. The molecule has 0 aliphatic carbocycles. The van der Waals surface area contributed by atoms with E-state index in [1.54, 1.807) is 18.2 Å². The van der Waals surface area contributed by atoms with Gasteiger partial charge in [-0.05, 0) is 73.4 Å². The van der Waals surface area contributed by atoms with E-state index in [2.05, 4.69) is 5.32 Å². The zero-order valence-corrected chi connectivity index (χ0v) is 20.0. The number of amides is 1. The summed E-state index contributed by atoms with van der Waals surface area (Å²) >= 11 is 6.11. The van der Waals surface area contributed by atoms with Gasteiger partial charge in [-0.25, -0.2) is 13.6 Å². The third kappa shape index (κ3) is 5.37. The quantitative estimate of drug-likeness (QED) is 0.410. The minimum absolute atomic E-state index is 0.0496. The number of halogens is 3. The Morgan fingerprint density at radius 2 is 1.65 bits per heavy atom. The maximum atomic E-state index is 14.8. The van der Waals surface area contributed by atoms with Crippen LogP contribution in [-0.2, 0) is 4.79 Å². The van der Waals surface area contributed by atoms with Crippen molar-refractivity contribution in [1.82, 2.24) is 4.90 Å². The summed E-state index contributed by atoms with van der Waals surface area (Å²) in [6.45, 7) is 5.18. The molecule has 0 saturated heterocycles. The Kier molecular flexibility index (Phi) is 7.57. The lowest BCUT2D eigenvalue weighted by molar-refractivity contribution is -0.141. The van der Waals surface area contributed by atoms with Crippen LogP contribution in [0.1, 0.15) is 41.4 Å². The largest absolute Gasteiger partial charge is 0.480 e. The Morgan fingerprint density at radius 1 is 1.00 bits per heavy atom. The highest BCUT2D eigenvalue weighted by Gasteiger charge is 2.28.